The van der Waals surface area contributed by atoms with E-state index in [-0.39, 0.29) is 5.56 Å². The number of rotatable bonds is 2. The monoisotopic (exact) mass is 266 g/mol. The van der Waals surface area contributed by atoms with Gasteiger partial charge in [-0.25, -0.2) is 15.4 Å². The molecule has 0 atom stereocenters. The average Bonchev–Trinajstić information content (AvgIpc) is 2.48. The zero-order valence-corrected chi connectivity index (χ0v) is 11.0. The Bertz CT molecular complexity index is 839. The molecule has 3 rings (SSSR count). The summed E-state index contributed by atoms with van der Waals surface area (Å²) in [6.45, 7) is 1.94. The summed E-state index contributed by atoms with van der Waals surface area (Å²) in [6, 6.07) is 14.8. The number of fused-ring (bicyclic) bond motifs is 1. The van der Waals surface area contributed by atoms with Crippen LogP contribution in [0.3, 0.4) is 0 Å². The molecule has 0 bridgehead atoms. The first-order valence-electron chi connectivity index (χ1n) is 6.27. The fraction of sp³-hybridized carbons (Fsp3) is 0.0667. The van der Waals surface area contributed by atoms with Crippen LogP contribution in [-0.2, 0) is 0 Å². The van der Waals surface area contributed by atoms with Crippen LogP contribution in [0.25, 0.3) is 16.6 Å². The van der Waals surface area contributed by atoms with E-state index in [2.05, 4.69) is 10.4 Å². The molecule has 20 heavy (non-hydrogen) atoms. The second-order valence-corrected chi connectivity index (χ2v) is 4.52. The first kappa shape index (κ1) is 12.4. The van der Waals surface area contributed by atoms with Gasteiger partial charge in [-0.15, -0.1) is 0 Å². The molecule has 0 aliphatic rings. The minimum Gasteiger partial charge on any atom is -0.293 e. The van der Waals surface area contributed by atoms with Crippen molar-refractivity contribution in [1.82, 2.24) is 9.55 Å². The maximum Gasteiger partial charge on any atom is 0.267 e. The molecule has 0 amide bonds. The van der Waals surface area contributed by atoms with Crippen LogP contribution in [0.5, 0.6) is 0 Å². The molecule has 0 saturated carbocycles. The Labute approximate surface area is 115 Å². The van der Waals surface area contributed by atoms with E-state index < -0.39 is 0 Å². The summed E-state index contributed by atoms with van der Waals surface area (Å²) in [6.07, 6.45) is 0. The first-order chi connectivity index (χ1) is 9.72. The largest absolute Gasteiger partial charge is 0.293 e. The van der Waals surface area contributed by atoms with Crippen LogP contribution in [0.15, 0.2) is 53.3 Å². The Kier molecular flexibility index (Phi) is 2.96. The number of anilines is 1. The highest BCUT2D eigenvalue weighted by atomic mass is 16.1. The second-order valence-electron chi connectivity index (χ2n) is 4.52. The summed E-state index contributed by atoms with van der Waals surface area (Å²) in [5.41, 5.74) is 4.73. The van der Waals surface area contributed by atoms with Crippen molar-refractivity contribution in [3.63, 3.8) is 0 Å². The Morgan fingerprint density at radius 2 is 1.80 bits per heavy atom. The predicted octanol–water partition coefficient (Wildman–Crippen LogP) is 1.98. The van der Waals surface area contributed by atoms with Gasteiger partial charge in [0.2, 0.25) is 5.95 Å². The Morgan fingerprint density at radius 1 is 1.10 bits per heavy atom. The smallest absolute Gasteiger partial charge is 0.267 e. The van der Waals surface area contributed by atoms with Gasteiger partial charge in [-0.05, 0) is 30.7 Å². The zero-order valence-electron chi connectivity index (χ0n) is 11.0. The molecule has 5 heteroatoms. The van der Waals surface area contributed by atoms with Crippen molar-refractivity contribution >= 4 is 16.9 Å². The molecule has 2 aromatic carbocycles. The summed E-state index contributed by atoms with van der Waals surface area (Å²) < 4.78 is 1.50. The molecule has 5 nitrogen and oxygen atoms in total. The second kappa shape index (κ2) is 4.79. The van der Waals surface area contributed by atoms with Gasteiger partial charge >= 0.3 is 0 Å². The van der Waals surface area contributed by atoms with E-state index in [0.717, 1.165) is 11.3 Å². The standard InChI is InChI=1S/C15H14N4O/c1-10-6-2-5-9-13(10)19-14(20)11-7-3-4-8-12(11)17-15(19)18-16/h2-9H,16H2,1H3,(H,17,18). The molecule has 1 aromatic heterocycles. The zero-order chi connectivity index (χ0) is 14.1. The molecule has 100 valence electrons. The fourth-order valence-electron chi connectivity index (χ4n) is 2.27. The topological polar surface area (TPSA) is 72.9 Å². The van der Waals surface area contributed by atoms with Gasteiger partial charge in [-0.2, -0.15) is 0 Å². The van der Waals surface area contributed by atoms with Gasteiger partial charge in [0.1, 0.15) is 0 Å². The molecule has 0 spiro atoms. The van der Waals surface area contributed by atoms with Crippen LogP contribution >= 0.6 is 0 Å². The third kappa shape index (κ3) is 1.85. The lowest BCUT2D eigenvalue weighted by atomic mass is 10.2. The van der Waals surface area contributed by atoms with Gasteiger partial charge < -0.3 is 0 Å². The molecule has 0 unspecified atom stereocenters. The van der Waals surface area contributed by atoms with Crippen LogP contribution in [0.1, 0.15) is 5.56 Å². The number of hydrogen-bond donors (Lipinski definition) is 2. The Balaban J connectivity index is 2.43. The van der Waals surface area contributed by atoms with Gasteiger partial charge in [0.05, 0.1) is 16.6 Å². The van der Waals surface area contributed by atoms with Crippen LogP contribution in [0.4, 0.5) is 5.95 Å². The summed E-state index contributed by atoms with van der Waals surface area (Å²) in [4.78, 5) is 17.1. The maximum atomic E-state index is 12.7. The van der Waals surface area contributed by atoms with Crippen molar-refractivity contribution < 1.29 is 0 Å². The molecule has 1 heterocycles. The minimum absolute atomic E-state index is 0.141. The summed E-state index contributed by atoms with van der Waals surface area (Å²) in [5.74, 6) is 5.85. The fourth-order valence-corrected chi connectivity index (χ4v) is 2.27. The molecule has 0 fully saturated rings. The number of hydrogen-bond acceptors (Lipinski definition) is 4. The number of nitrogen functional groups attached to an aromatic ring is 1. The van der Waals surface area contributed by atoms with Crippen LogP contribution in [0, 0.1) is 6.92 Å². The molecular weight excluding hydrogens is 252 g/mol. The molecular formula is C15H14N4O. The number of nitrogens with zero attached hydrogens (tertiary/aromatic N) is 2. The van der Waals surface area contributed by atoms with Crippen molar-refractivity contribution in [1.29, 1.82) is 0 Å². The van der Waals surface area contributed by atoms with Crippen molar-refractivity contribution in [2.45, 2.75) is 6.92 Å². The molecule has 3 aromatic rings. The lowest BCUT2D eigenvalue weighted by molar-refractivity contribution is 0.946. The molecule has 0 aliphatic heterocycles. The molecule has 0 saturated heterocycles. The van der Waals surface area contributed by atoms with E-state index >= 15 is 0 Å². The number of aromatic nitrogens is 2. The SMILES string of the molecule is Cc1ccccc1-n1c(NN)nc2ccccc2c1=O. The van der Waals surface area contributed by atoms with E-state index in [1.165, 1.54) is 4.57 Å². The quantitative estimate of drug-likeness (QED) is 0.549. The Hall–Kier alpha value is -2.66. The van der Waals surface area contributed by atoms with Crippen LogP contribution in [-0.4, -0.2) is 9.55 Å². The molecule has 3 N–H and O–H groups in total. The van der Waals surface area contributed by atoms with E-state index in [0.29, 0.717) is 16.9 Å². The normalized spacial score (nSPS) is 10.7. The van der Waals surface area contributed by atoms with Crippen molar-refractivity contribution in [3.8, 4) is 5.69 Å². The van der Waals surface area contributed by atoms with Crippen LogP contribution in [0.2, 0.25) is 0 Å². The van der Waals surface area contributed by atoms with E-state index in [1.54, 1.807) is 12.1 Å². The highest BCUT2D eigenvalue weighted by Gasteiger charge is 2.12. The number of hydrazine groups is 1. The van der Waals surface area contributed by atoms with Crippen LogP contribution < -0.4 is 16.8 Å². The predicted molar refractivity (Wildman–Crippen MR) is 79.9 cm³/mol. The number of nitrogens with two attached hydrogens (primary N) is 1. The van der Waals surface area contributed by atoms with Crippen molar-refractivity contribution in [2.24, 2.45) is 5.84 Å². The Morgan fingerprint density at radius 3 is 2.55 bits per heavy atom. The maximum absolute atomic E-state index is 12.7. The van der Waals surface area contributed by atoms with Gasteiger partial charge in [0.15, 0.2) is 0 Å². The minimum atomic E-state index is -0.141. The third-order valence-corrected chi connectivity index (χ3v) is 3.26. The number of aryl methyl sites for hydroxylation is 1. The molecule has 0 radical (unpaired) electrons. The third-order valence-electron chi connectivity index (χ3n) is 3.26. The lowest BCUT2D eigenvalue weighted by Crippen LogP contribution is -2.26. The van der Waals surface area contributed by atoms with Gasteiger partial charge in [0.25, 0.3) is 5.56 Å². The highest BCUT2D eigenvalue weighted by Crippen LogP contribution is 2.18. The number of benzene rings is 2. The summed E-state index contributed by atoms with van der Waals surface area (Å²) >= 11 is 0. The number of nitrogens with one attached hydrogen (secondary N) is 1. The van der Waals surface area contributed by atoms with Gasteiger partial charge in [0, 0.05) is 0 Å². The average molecular weight is 266 g/mol. The first-order valence-corrected chi connectivity index (χ1v) is 6.27. The van der Waals surface area contributed by atoms with E-state index in [1.807, 2.05) is 43.3 Å². The van der Waals surface area contributed by atoms with Crippen molar-refractivity contribution in [3.05, 3.63) is 64.4 Å². The van der Waals surface area contributed by atoms with E-state index in [9.17, 15) is 4.79 Å². The van der Waals surface area contributed by atoms with Gasteiger partial charge in [-0.3, -0.25) is 10.2 Å². The van der Waals surface area contributed by atoms with E-state index in [4.69, 9.17) is 5.84 Å². The molecule has 0 aliphatic carbocycles. The summed E-state index contributed by atoms with van der Waals surface area (Å²) in [5, 5.41) is 0.565. The lowest BCUT2D eigenvalue weighted by Gasteiger charge is -2.14. The van der Waals surface area contributed by atoms with Gasteiger partial charge in [-0.1, -0.05) is 30.3 Å². The number of para-hydroxylation sites is 2. The highest BCUT2D eigenvalue weighted by molar-refractivity contribution is 5.79. The van der Waals surface area contributed by atoms with Crippen molar-refractivity contribution in [2.75, 3.05) is 5.43 Å². The summed E-state index contributed by atoms with van der Waals surface area (Å²) in [7, 11) is 0.